The maximum Gasteiger partial charge on any atom is 0.196 e. The molecule has 1 fully saturated rings. The van der Waals surface area contributed by atoms with E-state index in [9.17, 15) is 0 Å². The molecule has 0 aromatic heterocycles. The van der Waals surface area contributed by atoms with E-state index < -0.39 is 0 Å². The summed E-state index contributed by atoms with van der Waals surface area (Å²) in [7, 11) is 3.57. The number of ether oxygens (including phenoxy) is 2. The molecule has 0 amide bonds. The van der Waals surface area contributed by atoms with Gasteiger partial charge in [-0.3, -0.25) is 4.99 Å². The number of guanidine groups is 1. The van der Waals surface area contributed by atoms with Gasteiger partial charge in [-0.1, -0.05) is 0 Å². The predicted octanol–water partition coefficient (Wildman–Crippen LogP) is 0.273. The molecule has 1 aliphatic heterocycles. The van der Waals surface area contributed by atoms with Crippen LogP contribution in [0.2, 0.25) is 0 Å². The third kappa shape index (κ3) is 3.64. The molecule has 1 aliphatic rings. The number of methoxy groups -OCH3 is 1. The number of hydrogen-bond acceptors (Lipinski definition) is 3. The van der Waals surface area contributed by atoms with Gasteiger partial charge in [0.1, 0.15) is 0 Å². The minimum Gasteiger partial charge on any atom is -0.383 e. The number of morpholine rings is 1. The number of aliphatic imine (C=N–C) groups is 1. The smallest absolute Gasteiger partial charge is 0.196 e. The first-order valence-electron chi connectivity index (χ1n) is 5.86. The summed E-state index contributed by atoms with van der Waals surface area (Å²) in [4.78, 5) is 8.92. The topological polar surface area (TPSA) is 37.3 Å². The van der Waals surface area contributed by atoms with Crippen LogP contribution in [0.1, 0.15) is 6.92 Å². The lowest BCUT2D eigenvalue weighted by Gasteiger charge is -2.35. The second kappa shape index (κ2) is 7.46. The molecule has 0 saturated carbocycles. The standard InChI is InChI=1S/C11H23N3O2/c1-4-13(5-8-15-3)11(12-2)14-6-9-16-10-7-14/h4-10H2,1-3H3. The van der Waals surface area contributed by atoms with Gasteiger partial charge in [0, 0.05) is 40.3 Å². The number of likely N-dealkylation sites (N-methyl/N-ethyl adjacent to an activating group) is 1. The van der Waals surface area contributed by atoms with Gasteiger partial charge in [0.05, 0.1) is 19.8 Å². The predicted molar refractivity (Wildman–Crippen MR) is 64.9 cm³/mol. The van der Waals surface area contributed by atoms with Crippen molar-refractivity contribution in [1.82, 2.24) is 9.80 Å². The first-order chi connectivity index (χ1) is 7.83. The molecule has 1 heterocycles. The molecule has 1 saturated heterocycles. The van der Waals surface area contributed by atoms with Gasteiger partial charge in [-0.05, 0) is 6.92 Å². The SMILES string of the molecule is CCN(CCOC)C(=NC)N1CCOCC1. The summed E-state index contributed by atoms with van der Waals surface area (Å²) in [5.74, 6) is 1.06. The molecule has 16 heavy (non-hydrogen) atoms. The summed E-state index contributed by atoms with van der Waals surface area (Å²) in [6.07, 6.45) is 0. The molecule has 0 bridgehead atoms. The largest absolute Gasteiger partial charge is 0.383 e. The van der Waals surface area contributed by atoms with Crippen LogP contribution in [0.4, 0.5) is 0 Å². The van der Waals surface area contributed by atoms with Gasteiger partial charge in [-0.25, -0.2) is 0 Å². The van der Waals surface area contributed by atoms with Crippen LogP contribution in [0.5, 0.6) is 0 Å². The zero-order valence-electron chi connectivity index (χ0n) is 10.6. The Labute approximate surface area is 98.0 Å². The average Bonchev–Trinajstić information content (AvgIpc) is 2.35. The number of nitrogens with zero attached hydrogens (tertiary/aromatic N) is 3. The Balaban J connectivity index is 2.55. The quantitative estimate of drug-likeness (QED) is 0.512. The van der Waals surface area contributed by atoms with Gasteiger partial charge >= 0.3 is 0 Å². The Hall–Kier alpha value is -0.810. The molecule has 5 heteroatoms. The lowest BCUT2D eigenvalue weighted by molar-refractivity contribution is 0.0610. The minimum absolute atomic E-state index is 0.733. The van der Waals surface area contributed by atoms with E-state index in [-0.39, 0.29) is 0 Å². The molecule has 0 unspecified atom stereocenters. The van der Waals surface area contributed by atoms with Crippen LogP contribution in [-0.2, 0) is 9.47 Å². The van der Waals surface area contributed by atoms with Gasteiger partial charge in [0.2, 0.25) is 0 Å². The summed E-state index contributed by atoms with van der Waals surface area (Å²) in [5, 5.41) is 0. The van der Waals surface area contributed by atoms with Crippen molar-refractivity contribution >= 4 is 5.96 Å². The highest BCUT2D eigenvalue weighted by Gasteiger charge is 2.18. The fourth-order valence-electron chi connectivity index (χ4n) is 1.85. The molecule has 1 rings (SSSR count). The van der Waals surface area contributed by atoms with Crippen molar-refractivity contribution in [3.05, 3.63) is 0 Å². The van der Waals surface area contributed by atoms with Gasteiger partial charge < -0.3 is 19.3 Å². The van der Waals surface area contributed by atoms with Crippen molar-refractivity contribution in [1.29, 1.82) is 0 Å². The van der Waals surface area contributed by atoms with Crippen LogP contribution in [-0.4, -0.2) is 75.9 Å². The van der Waals surface area contributed by atoms with Crippen LogP contribution < -0.4 is 0 Å². The summed E-state index contributed by atoms with van der Waals surface area (Å²) < 4.78 is 10.5. The van der Waals surface area contributed by atoms with Crippen LogP contribution in [0.25, 0.3) is 0 Å². The van der Waals surface area contributed by atoms with E-state index in [1.165, 1.54) is 0 Å². The monoisotopic (exact) mass is 229 g/mol. The second-order valence-corrected chi connectivity index (χ2v) is 3.70. The van der Waals surface area contributed by atoms with Gasteiger partial charge in [-0.15, -0.1) is 0 Å². The maximum atomic E-state index is 5.35. The third-order valence-electron chi connectivity index (χ3n) is 2.72. The molecule has 0 aromatic carbocycles. The molecule has 5 nitrogen and oxygen atoms in total. The number of hydrogen-bond donors (Lipinski definition) is 0. The van der Waals surface area contributed by atoms with Crippen LogP contribution in [0, 0.1) is 0 Å². The van der Waals surface area contributed by atoms with E-state index in [1.807, 2.05) is 7.05 Å². The van der Waals surface area contributed by atoms with Crippen LogP contribution in [0.15, 0.2) is 4.99 Å². The molecular weight excluding hydrogens is 206 g/mol. The van der Waals surface area contributed by atoms with Gasteiger partial charge in [-0.2, -0.15) is 0 Å². The Morgan fingerprint density at radius 1 is 1.44 bits per heavy atom. The van der Waals surface area contributed by atoms with Gasteiger partial charge in [0.25, 0.3) is 0 Å². The molecule has 0 spiro atoms. The highest BCUT2D eigenvalue weighted by molar-refractivity contribution is 5.80. The highest BCUT2D eigenvalue weighted by Crippen LogP contribution is 2.03. The van der Waals surface area contributed by atoms with Crippen molar-refractivity contribution in [3.8, 4) is 0 Å². The lowest BCUT2D eigenvalue weighted by atomic mass is 10.4. The Morgan fingerprint density at radius 3 is 2.62 bits per heavy atom. The fraction of sp³-hybridized carbons (Fsp3) is 0.909. The molecular formula is C11H23N3O2. The van der Waals surface area contributed by atoms with Crippen molar-refractivity contribution in [3.63, 3.8) is 0 Å². The first-order valence-corrected chi connectivity index (χ1v) is 5.86. The molecule has 0 N–H and O–H groups in total. The summed E-state index contributed by atoms with van der Waals surface area (Å²) >= 11 is 0. The van der Waals surface area contributed by atoms with Crippen molar-refractivity contribution in [2.75, 3.05) is 60.2 Å². The Kier molecular flexibility index (Phi) is 6.18. The molecule has 0 atom stereocenters. The van der Waals surface area contributed by atoms with Gasteiger partial charge in [0.15, 0.2) is 5.96 Å². The van der Waals surface area contributed by atoms with Crippen molar-refractivity contribution in [2.45, 2.75) is 6.92 Å². The number of rotatable bonds is 4. The highest BCUT2D eigenvalue weighted by atomic mass is 16.5. The molecule has 94 valence electrons. The van der Waals surface area contributed by atoms with E-state index in [2.05, 4.69) is 21.7 Å². The molecule has 0 radical (unpaired) electrons. The zero-order valence-corrected chi connectivity index (χ0v) is 10.6. The fourth-order valence-corrected chi connectivity index (χ4v) is 1.85. The zero-order chi connectivity index (χ0) is 11.8. The third-order valence-corrected chi connectivity index (χ3v) is 2.72. The van der Waals surface area contributed by atoms with E-state index in [4.69, 9.17) is 9.47 Å². The van der Waals surface area contributed by atoms with Crippen molar-refractivity contribution in [2.24, 2.45) is 4.99 Å². The molecule has 0 aliphatic carbocycles. The van der Waals surface area contributed by atoms with Crippen LogP contribution in [0.3, 0.4) is 0 Å². The second-order valence-electron chi connectivity index (χ2n) is 3.70. The van der Waals surface area contributed by atoms with Crippen molar-refractivity contribution < 1.29 is 9.47 Å². The summed E-state index contributed by atoms with van der Waals surface area (Å²) in [6, 6.07) is 0. The van der Waals surface area contributed by atoms with Crippen LogP contribution >= 0.6 is 0 Å². The normalized spacial score (nSPS) is 17.7. The van der Waals surface area contributed by atoms with E-state index >= 15 is 0 Å². The maximum absolute atomic E-state index is 5.35. The van der Waals surface area contributed by atoms with E-state index in [0.29, 0.717) is 0 Å². The minimum atomic E-state index is 0.733. The first kappa shape index (κ1) is 13.3. The molecule has 0 aromatic rings. The Bertz CT molecular complexity index is 215. The summed E-state index contributed by atoms with van der Waals surface area (Å²) in [5.41, 5.74) is 0. The Morgan fingerprint density at radius 2 is 2.12 bits per heavy atom. The van der Waals surface area contributed by atoms with E-state index in [0.717, 1.165) is 52.0 Å². The van der Waals surface area contributed by atoms with E-state index in [1.54, 1.807) is 7.11 Å². The lowest BCUT2D eigenvalue weighted by Crippen LogP contribution is -2.49. The summed E-state index contributed by atoms with van der Waals surface area (Å²) in [6.45, 7) is 8.15. The average molecular weight is 229 g/mol.